The van der Waals surface area contributed by atoms with Crippen LogP contribution >= 0.6 is 11.6 Å². The van der Waals surface area contributed by atoms with E-state index in [1.165, 1.54) is 16.8 Å². The molecule has 0 saturated heterocycles. The minimum absolute atomic E-state index is 0.00615. The number of nitrogen functional groups attached to an aromatic ring is 2. The molecule has 1 atom stereocenters. The zero-order chi connectivity index (χ0) is 23.7. The highest BCUT2D eigenvalue weighted by Gasteiger charge is 2.25. The summed E-state index contributed by atoms with van der Waals surface area (Å²) in [5.74, 6) is -0.272. The first-order valence-electron chi connectivity index (χ1n) is 9.85. The normalized spacial score (nSPS) is 11.9. The van der Waals surface area contributed by atoms with Gasteiger partial charge in [0.05, 0.1) is 28.2 Å². The van der Waals surface area contributed by atoms with Crippen molar-refractivity contribution in [1.82, 2.24) is 29.7 Å². The van der Waals surface area contributed by atoms with Crippen molar-refractivity contribution in [2.45, 2.75) is 25.8 Å². The minimum Gasteiger partial charge on any atom is -0.382 e. The predicted molar refractivity (Wildman–Crippen MR) is 121 cm³/mol. The number of hydrogen-bond acceptors (Lipinski definition) is 9. The Labute approximate surface area is 191 Å². The fourth-order valence-corrected chi connectivity index (χ4v) is 3.74. The summed E-state index contributed by atoms with van der Waals surface area (Å²) in [6.45, 7) is 1.94. The number of nitrogens with zero attached hydrogens (tertiary/aromatic N) is 6. The Kier molecular flexibility index (Phi) is 5.80. The second-order valence-corrected chi connectivity index (χ2v) is 7.47. The highest BCUT2D eigenvalue weighted by atomic mass is 35.5. The van der Waals surface area contributed by atoms with Crippen LogP contribution in [-0.2, 0) is 0 Å². The summed E-state index contributed by atoms with van der Waals surface area (Å²) in [5.41, 5.74) is 11.2. The van der Waals surface area contributed by atoms with Gasteiger partial charge >= 0.3 is 0 Å². The lowest BCUT2D eigenvalue weighted by molar-refractivity contribution is 0.610. The van der Waals surface area contributed by atoms with Gasteiger partial charge in [0.1, 0.15) is 34.9 Å². The standard InChI is InChI=1S/C20H18ClFN10O/c1-2-3-12(27-17-9(8-23)16(24)29-20(25)30-17)18-28-11-5-4-10(22)15(21)14(11)19(33)32(18)13-6-7-26-31-13/h4-7,12H,2-3H2,1H3,(H,26,31)(H5,24,25,27,29,30). The van der Waals surface area contributed by atoms with Crippen LogP contribution in [0.2, 0.25) is 5.02 Å². The lowest BCUT2D eigenvalue weighted by Gasteiger charge is -2.23. The fraction of sp³-hybridized carbons (Fsp3) is 0.200. The maximum atomic E-state index is 14.1. The molecule has 6 N–H and O–H groups in total. The molecule has 4 rings (SSSR count). The number of anilines is 3. The van der Waals surface area contributed by atoms with Crippen LogP contribution in [-0.4, -0.2) is 29.7 Å². The van der Waals surface area contributed by atoms with Gasteiger partial charge < -0.3 is 16.8 Å². The van der Waals surface area contributed by atoms with E-state index in [2.05, 4.69) is 30.5 Å². The van der Waals surface area contributed by atoms with E-state index >= 15 is 0 Å². The lowest BCUT2D eigenvalue weighted by atomic mass is 10.1. The number of aromatic amines is 1. The molecule has 1 aromatic carbocycles. The molecule has 0 spiro atoms. The van der Waals surface area contributed by atoms with Crippen LogP contribution in [0.1, 0.15) is 37.2 Å². The Morgan fingerprint density at radius 3 is 2.76 bits per heavy atom. The van der Waals surface area contributed by atoms with E-state index in [9.17, 15) is 14.4 Å². The quantitative estimate of drug-likeness (QED) is 0.331. The summed E-state index contributed by atoms with van der Waals surface area (Å²) in [4.78, 5) is 26.0. The van der Waals surface area contributed by atoms with Crippen LogP contribution in [0.3, 0.4) is 0 Å². The Bertz CT molecular complexity index is 1440. The van der Waals surface area contributed by atoms with Gasteiger partial charge in [-0.1, -0.05) is 24.9 Å². The molecule has 0 aliphatic heterocycles. The Balaban J connectivity index is 1.99. The van der Waals surface area contributed by atoms with Crippen molar-refractivity contribution in [2.75, 3.05) is 16.8 Å². The molecule has 0 fully saturated rings. The molecule has 4 aromatic rings. The monoisotopic (exact) mass is 468 g/mol. The number of fused-ring (bicyclic) bond motifs is 1. The van der Waals surface area contributed by atoms with E-state index in [0.29, 0.717) is 18.7 Å². The largest absolute Gasteiger partial charge is 0.382 e. The fourth-order valence-electron chi connectivity index (χ4n) is 3.50. The summed E-state index contributed by atoms with van der Waals surface area (Å²) in [7, 11) is 0. The molecular weight excluding hydrogens is 451 g/mol. The van der Waals surface area contributed by atoms with Crippen LogP contribution in [0.25, 0.3) is 16.7 Å². The Morgan fingerprint density at radius 2 is 2.09 bits per heavy atom. The van der Waals surface area contributed by atoms with E-state index < -0.39 is 17.4 Å². The molecule has 0 aliphatic carbocycles. The van der Waals surface area contributed by atoms with Crippen molar-refractivity contribution in [3.05, 3.63) is 57.0 Å². The van der Waals surface area contributed by atoms with Crippen molar-refractivity contribution in [1.29, 1.82) is 5.26 Å². The summed E-state index contributed by atoms with van der Waals surface area (Å²) in [6, 6.07) is 5.42. The van der Waals surface area contributed by atoms with Gasteiger partial charge in [0.15, 0.2) is 5.82 Å². The van der Waals surface area contributed by atoms with Gasteiger partial charge in [0.2, 0.25) is 5.95 Å². The molecule has 0 aliphatic rings. The molecule has 11 nitrogen and oxygen atoms in total. The smallest absolute Gasteiger partial charge is 0.268 e. The minimum atomic E-state index is -0.735. The zero-order valence-electron chi connectivity index (χ0n) is 17.3. The molecule has 1 unspecified atom stereocenters. The highest BCUT2D eigenvalue weighted by molar-refractivity contribution is 6.35. The number of aromatic nitrogens is 6. The number of rotatable bonds is 6. The first-order chi connectivity index (χ1) is 15.8. The third-order valence-electron chi connectivity index (χ3n) is 4.95. The molecule has 0 bridgehead atoms. The molecule has 0 radical (unpaired) electrons. The summed E-state index contributed by atoms with van der Waals surface area (Å²) in [5, 5.41) is 18.9. The maximum absolute atomic E-state index is 14.1. The van der Waals surface area contributed by atoms with Gasteiger partial charge in [-0.15, -0.1) is 0 Å². The second kappa shape index (κ2) is 8.71. The molecule has 0 saturated carbocycles. The average Bonchev–Trinajstić information content (AvgIpc) is 3.30. The number of halogens is 2. The Morgan fingerprint density at radius 1 is 1.30 bits per heavy atom. The maximum Gasteiger partial charge on any atom is 0.268 e. The van der Waals surface area contributed by atoms with E-state index in [1.54, 1.807) is 6.07 Å². The Hall–Kier alpha value is -4.24. The third-order valence-corrected chi connectivity index (χ3v) is 5.32. The second-order valence-electron chi connectivity index (χ2n) is 7.10. The number of hydrogen-bond donors (Lipinski definition) is 4. The van der Waals surface area contributed by atoms with Gasteiger partial charge in [0.25, 0.3) is 5.56 Å². The number of nitriles is 1. The van der Waals surface area contributed by atoms with E-state index in [0.717, 1.165) is 6.07 Å². The topological polar surface area (TPSA) is 177 Å². The van der Waals surface area contributed by atoms with Crippen LogP contribution < -0.4 is 22.3 Å². The summed E-state index contributed by atoms with van der Waals surface area (Å²) in [6.07, 6.45) is 2.62. The van der Waals surface area contributed by atoms with Gasteiger partial charge in [-0.3, -0.25) is 9.89 Å². The van der Waals surface area contributed by atoms with Crippen molar-refractivity contribution >= 4 is 40.1 Å². The predicted octanol–water partition coefficient (Wildman–Crippen LogP) is 2.68. The van der Waals surface area contributed by atoms with Gasteiger partial charge in [-0.25, -0.2) is 13.9 Å². The molecule has 3 aromatic heterocycles. The van der Waals surface area contributed by atoms with E-state index in [-0.39, 0.29) is 44.9 Å². The van der Waals surface area contributed by atoms with Crippen molar-refractivity contribution < 1.29 is 4.39 Å². The van der Waals surface area contributed by atoms with Gasteiger partial charge in [0, 0.05) is 6.07 Å². The zero-order valence-corrected chi connectivity index (χ0v) is 18.1. The van der Waals surface area contributed by atoms with Crippen LogP contribution in [0.15, 0.2) is 29.2 Å². The summed E-state index contributed by atoms with van der Waals surface area (Å²) >= 11 is 6.11. The molecule has 168 valence electrons. The number of nitrogens with one attached hydrogen (secondary N) is 2. The van der Waals surface area contributed by atoms with Crippen LogP contribution in [0.5, 0.6) is 0 Å². The molecule has 33 heavy (non-hydrogen) atoms. The van der Waals surface area contributed by atoms with Crippen molar-refractivity contribution in [3.8, 4) is 11.9 Å². The number of benzene rings is 1. The first kappa shape index (κ1) is 22.0. The van der Waals surface area contributed by atoms with E-state index in [4.69, 9.17) is 23.1 Å². The third kappa shape index (κ3) is 3.90. The van der Waals surface area contributed by atoms with Crippen molar-refractivity contribution in [3.63, 3.8) is 0 Å². The summed E-state index contributed by atoms with van der Waals surface area (Å²) < 4.78 is 15.4. The van der Waals surface area contributed by atoms with E-state index in [1.807, 2.05) is 13.0 Å². The van der Waals surface area contributed by atoms with Gasteiger partial charge in [-0.2, -0.15) is 20.3 Å². The molecule has 3 heterocycles. The first-order valence-corrected chi connectivity index (χ1v) is 10.2. The highest BCUT2D eigenvalue weighted by Crippen LogP contribution is 2.29. The van der Waals surface area contributed by atoms with Crippen LogP contribution in [0, 0.1) is 17.1 Å². The van der Waals surface area contributed by atoms with Gasteiger partial charge in [-0.05, 0) is 18.6 Å². The lowest BCUT2D eigenvalue weighted by Crippen LogP contribution is -2.29. The van der Waals surface area contributed by atoms with Crippen molar-refractivity contribution in [2.24, 2.45) is 0 Å². The average molecular weight is 469 g/mol. The molecule has 0 amide bonds. The van der Waals surface area contributed by atoms with Crippen LogP contribution in [0.4, 0.5) is 22.0 Å². The SMILES string of the molecule is CCCC(Nc1nc(N)nc(N)c1C#N)c1nc2ccc(F)c(Cl)c2c(=O)n1-c1ccn[nH]1. The number of nitrogens with two attached hydrogens (primary N) is 2. The molecule has 13 heteroatoms. The molecular formula is C20H18ClFN10O. The number of H-pyrrole nitrogens is 1.